The van der Waals surface area contributed by atoms with Gasteiger partial charge in [0.15, 0.2) is 0 Å². The van der Waals surface area contributed by atoms with Crippen molar-refractivity contribution in [1.82, 2.24) is 9.80 Å². The molecule has 2 aromatic carbocycles. The second-order valence-electron chi connectivity index (χ2n) is 9.03. The van der Waals surface area contributed by atoms with Gasteiger partial charge in [-0.25, -0.2) is 0 Å². The van der Waals surface area contributed by atoms with Crippen LogP contribution in [0.2, 0.25) is 10.0 Å². The van der Waals surface area contributed by atoms with Crippen LogP contribution in [0.1, 0.15) is 44.1 Å². The summed E-state index contributed by atoms with van der Waals surface area (Å²) in [5, 5.41) is 0.782. The number of carbonyl (C=O) groups excluding carboxylic acids is 2. The highest BCUT2D eigenvalue weighted by molar-refractivity contribution is 6.42. The number of halogens is 2. The van der Waals surface area contributed by atoms with Gasteiger partial charge in [-0.3, -0.25) is 9.59 Å². The van der Waals surface area contributed by atoms with E-state index in [2.05, 4.69) is 29.2 Å². The van der Waals surface area contributed by atoms with Crippen molar-refractivity contribution >= 4 is 40.7 Å². The Balaban J connectivity index is 1.58. The molecule has 0 aliphatic carbocycles. The molecule has 2 atom stereocenters. The fourth-order valence-corrected chi connectivity index (χ4v) is 5.47. The number of likely N-dealkylation sites (tertiary alicyclic amines) is 2. The summed E-state index contributed by atoms with van der Waals surface area (Å²) in [4.78, 5) is 32.1. The molecule has 2 amide bonds. The Bertz CT molecular complexity index is 979. The van der Waals surface area contributed by atoms with E-state index < -0.39 is 0 Å². The van der Waals surface area contributed by atoms with E-state index in [1.165, 1.54) is 30.2 Å². The van der Waals surface area contributed by atoms with Crippen molar-refractivity contribution in [2.75, 3.05) is 37.6 Å². The molecule has 0 N–H and O–H groups in total. The maximum absolute atomic E-state index is 13.7. The summed E-state index contributed by atoms with van der Waals surface area (Å²) in [7, 11) is 0. The molecule has 0 radical (unpaired) electrons. The zero-order chi connectivity index (χ0) is 23.4. The molecule has 4 rings (SSSR count). The fraction of sp³-hybridized carbons (Fsp3) is 0.462. The summed E-state index contributed by atoms with van der Waals surface area (Å²) < 4.78 is 0. The van der Waals surface area contributed by atoms with Crippen LogP contribution in [0.3, 0.4) is 0 Å². The molecule has 0 saturated carbocycles. The summed E-state index contributed by atoms with van der Waals surface area (Å²) in [5.74, 6) is 0.0656. The predicted molar refractivity (Wildman–Crippen MR) is 134 cm³/mol. The summed E-state index contributed by atoms with van der Waals surface area (Å²) in [5.41, 5.74) is 1.87. The van der Waals surface area contributed by atoms with E-state index in [1.54, 1.807) is 18.2 Å². The minimum Gasteiger partial charge on any atom is -0.336 e. The van der Waals surface area contributed by atoms with Gasteiger partial charge in [-0.1, -0.05) is 53.5 Å². The second kappa shape index (κ2) is 10.9. The van der Waals surface area contributed by atoms with Crippen molar-refractivity contribution in [3.63, 3.8) is 0 Å². The molecule has 0 unspecified atom stereocenters. The number of hydrogen-bond acceptors (Lipinski definition) is 3. The highest BCUT2D eigenvalue weighted by atomic mass is 35.5. The van der Waals surface area contributed by atoms with Crippen LogP contribution in [0, 0.1) is 0 Å². The van der Waals surface area contributed by atoms with Crippen molar-refractivity contribution in [3.05, 3.63) is 64.1 Å². The Kier molecular flexibility index (Phi) is 7.94. The summed E-state index contributed by atoms with van der Waals surface area (Å²) in [6, 6.07) is 15.6. The first-order chi connectivity index (χ1) is 15.9. The van der Waals surface area contributed by atoms with Crippen molar-refractivity contribution in [1.29, 1.82) is 0 Å². The molecule has 2 saturated heterocycles. The lowest BCUT2D eigenvalue weighted by Gasteiger charge is -2.44. The quantitative estimate of drug-likeness (QED) is 0.560. The first-order valence-corrected chi connectivity index (χ1v) is 12.5. The molecule has 0 spiro atoms. The van der Waals surface area contributed by atoms with Gasteiger partial charge in [0.25, 0.3) is 0 Å². The third-order valence-electron chi connectivity index (χ3n) is 6.86. The number of rotatable bonds is 6. The van der Waals surface area contributed by atoms with E-state index >= 15 is 0 Å². The van der Waals surface area contributed by atoms with Gasteiger partial charge in [0.05, 0.1) is 16.1 Å². The number of hydrogen-bond donors (Lipinski definition) is 0. The lowest BCUT2D eigenvalue weighted by atomic mass is 9.83. The first kappa shape index (κ1) is 24.1. The van der Waals surface area contributed by atoms with Gasteiger partial charge in [-0.15, -0.1) is 0 Å². The topological polar surface area (TPSA) is 43.9 Å². The summed E-state index contributed by atoms with van der Waals surface area (Å²) in [6.07, 6.45) is 4.45. The Morgan fingerprint density at radius 1 is 0.970 bits per heavy atom. The number of benzene rings is 2. The number of amides is 2. The Hall–Kier alpha value is -2.08. The molecule has 2 aliphatic heterocycles. The van der Waals surface area contributed by atoms with Crippen molar-refractivity contribution in [2.45, 2.75) is 44.6 Å². The predicted octanol–water partition coefficient (Wildman–Crippen LogP) is 5.22. The minimum atomic E-state index is -0.200. The van der Waals surface area contributed by atoms with Crippen LogP contribution in [0.5, 0.6) is 0 Å². The van der Waals surface area contributed by atoms with Gasteiger partial charge < -0.3 is 14.7 Å². The molecule has 2 aromatic rings. The van der Waals surface area contributed by atoms with Crippen LogP contribution in [0.25, 0.3) is 0 Å². The smallest absolute Gasteiger partial charge is 0.242 e. The van der Waals surface area contributed by atoms with Gasteiger partial charge in [0.1, 0.15) is 6.54 Å². The lowest BCUT2D eigenvalue weighted by molar-refractivity contribution is -0.135. The molecule has 7 heteroatoms. The van der Waals surface area contributed by atoms with E-state index in [9.17, 15) is 9.59 Å². The molecular weight excluding hydrogens is 457 g/mol. The van der Waals surface area contributed by atoms with E-state index in [0.717, 1.165) is 32.5 Å². The molecule has 176 valence electrons. The van der Waals surface area contributed by atoms with E-state index in [1.807, 2.05) is 11.0 Å². The second-order valence-corrected chi connectivity index (χ2v) is 9.84. The number of piperidine rings is 1. The normalized spacial score (nSPS) is 21.2. The van der Waals surface area contributed by atoms with Crippen LogP contribution >= 0.6 is 23.2 Å². The summed E-state index contributed by atoms with van der Waals surface area (Å²) in [6.45, 7) is 5.23. The molecular formula is C26H31Cl2N3O2. The maximum Gasteiger partial charge on any atom is 0.242 e. The first-order valence-electron chi connectivity index (χ1n) is 11.7. The van der Waals surface area contributed by atoms with Crippen molar-refractivity contribution in [3.8, 4) is 0 Å². The van der Waals surface area contributed by atoms with E-state index in [4.69, 9.17) is 23.2 Å². The average molecular weight is 488 g/mol. The lowest BCUT2D eigenvalue weighted by Crippen LogP contribution is -2.55. The highest BCUT2D eigenvalue weighted by Gasteiger charge is 2.37. The van der Waals surface area contributed by atoms with Crippen LogP contribution in [0.15, 0.2) is 48.5 Å². The molecule has 2 aliphatic rings. The van der Waals surface area contributed by atoms with Crippen molar-refractivity contribution < 1.29 is 9.59 Å². The number of nitrogens with zero attached hydrogens (tertiary/aromatic N) is 3. The number of carbonyl (C=O) groups is 2. The zero-order valence-electron chi connectivity index (χ0n) is 19.1. The molecule has 5 nitrogen and oxygen atoms in total. The number of anilines is 1. The van der Waals surface area contributed by atoms with Gasteiger partial charge in [0, 0.05) is 31.6 Å². The summed E-state index contributed by atoms with van der Waals surface area (Å²) >= 11 is 12.2. The molecule has 0 bridgehead atoms. The van der Waals surface area contributed by atoms with Gasteiger partial charge in [-0.05, 0) is 62.5 Å². The fourth-order valence-electron chi connectivity index (χ4n) is 5.17. The standard InChI is InChI=1S/C26H31Cl2N3O2/c1-19(32)31(21-11-12-23(27)24(28)16-21)18-26(33)30-15-7-10-22(20-8-3-2-4-9-20)25(30)17-29-13-5-6-14-29/h2-4,8-9,11-12,16,22,25H,5-7,10,13-15,17-18H2,1H3/t22-,25+/m1/s1. The van der Waals surface area contributed by atoms with Crippen LogP contribution < -0.4 is 4.90 Å². The third-order valence-corrected chi connectivity index (χ3v) is 7.60. The molecule has 0 aromatic heterocycles. The Morgan fingerprint density at radius 2 is 1.70 bits per heavy atom. The van der Waals surface area contributed by atoms with Crippen molar-refractivity contribution in [2.24, 2.45) is 0 Å². The Morgan fingerprint density at radius 3 is 2.36 bits per heavy atom. The SMILES string of the molecule is CC(=O)N(CC(=O)N1CCC[C@H](c2ccccc2)[C@@H]1CN1CCCC1)c1ccc(Cl)c(Cl)c1. The molecule has 2 fully saturated rings. The third kappa shape index (κ3) is 5.71. The van der Waals surface area contributed by atoms with E-state index in [0.29, 0.717) is 28.2 Å². The van der Waals surface area contributed by atoms with E-state index in [-0.39, 0.29) is 24.4 Å². The van der Waals surface area contributed by atoms with Gasteiger partial charge in [0.2, 0.25) is 11.8 Å². The Labute approximate surface area is 206 Å². The van der Waals surface area contributed by atoms with Gasteiger partial charge >= 0.3 is 0 Å². The molecule has 2 heterocycles. The molecule has 33 heavy (non-hydrogen) atoms. The van der Waals surface area contributed by atoms with Crippen LogP contribution in [0.4, 0.5) is 5.69 Å². The largest absolute Gasteiger partial charge is 0.336 e. The van der Waals surface area contributed by atoms with Gasteiger partial charge in [-0.2, -0.15) is 0 Å². The highest BCUT2D eigenvalue weighted by Crippen LogP contribution is 2.34. The van der Waals surface area contributed by atoms with Crippen LogP contribution in [-0.4, -0.2) is 60.4 Å². The van der Waals surface area contributed by atoms with Crippen LogP contribution in [-0.2, 0) is 9.59 Å². The minimum absolute atomic E-state index is 0.00863. The monoisotopic (exact) mass is 487 g/mol. The zero-order valence-corrected chi connectivity index (χ0v) is 20.6. The average Bonchev–Trinajstić information content (AvgIpc) is 3.33. The maximum atomic E-state index is 13.7.